The van der Waals surface area contributed by atoms with Crippen LogP contribution in [0.3, 0.4) is 0 Å². The number of esters is 1. The van der Waals surface area contributed by atoms with Crippen molar-refractivity contribution in [2.24, 2.45) is 0 Å². The quantitative estimate of drug-likeness (QED) is 0.869. The van der Waals surface area contributed by atoms with Crippen molar-refractivity contribution in [2.45, 2.75) is 33.7 Å². The summed E-state index contributed by atoms with van der Waals surface area (Å²) < 4.78 is 11.5. The van der Waals surface area contributed by atoms with Gasteiger partial charge in [0, 0.05) is 17.5 Å². The van der Waals surface area contributed by atoms with Crippen LogP contribution in [0.15, 0.2) is 16.7 Å². The molecule has 2 heterocycles. The minimum atomic E-state index is -0.713. The van der Waals surface area contributed by atoms with Crippen molar-refractivity contribution in [3.05, 3.63) is 34.8 Å². The fourth-order valence-electron chi connectivity index (χ4n) is 2.31. The molecule has 1 N–H and O–H groups in total. The second kappa shape index (κ2) is 6.05. The van der Waals surface area contributed by atoms with Crippen LogP contribution < -0.4 is 5.32 Å². The van der Waals surface area contributed by atoms with E-state index in [9.17, 15) is 9.59 Å². The molecule has 118 valence electrons. The Bertz CT molecular complexity index is 714. The summed E-state index contributed by atoms with van der Waals surface area (Å²) >= 11 is 0. The van der Waals surface area contributed by atoms with Gasteiger partial charge < -0.3 is 14.6 Å². The van der Waals surface area contributed by atoms with Crippen LogP contribution in [0.25, 0.3) is 5.82 Å². The van der Waals surface area contributed by atoms with E-state index in [0.29, 0.717) is 17.1 Å². The zero-order chi connectivity index (χ0) is 16.4. The van der Waals surface area contributed by atoms with Crippen LogP contribution in [0.2, 0.25) is 0 Å². The number of nitrogens with zero attached hydrogens (tertiary/aromatic N) is 2. The van der Waals surface area contributed by atoms with Crippen molar-refractivity contribution in [1.29, 1.82) is 0 Å². The van der Waals surface area contributed by atoms with Crippen molar-refractivity contribution in [2.75, 3.05) is 7.11 Å². The number of rotatable bonds is 4. The zero-order valence-corrected chi connectivity index (χ0v) is 13.3. The number of aryl methyl sites for hydroxylation is 2. The van der Waals surface area contributed by atoms with Gasteiger partial charge in [-0.1, -0.05) is 5.16 Å². The van der Waals surface area contributed by atoms with Crippen LogP contribution in [-0.4, -0.2) is 34.8 Å². The molecule has 0 fully saturated rings. The van der Waals surface area contributed by atoms with Gasteiger partial charge in [0.2, 0.25) is 0 Å². The maximum absolute atomic E-state index is 12.3. The highest BCUT2D eigenvalue weighted by Gasteiger charge is 2.22. The Hall–Kier alpha value is -2.57. The number of carbonyl (C=O) groups excluding carboxylic acids is 2. The zero-order valence-electron chi connectivity index (χ0n) is 13.3. The summed E-state index contributed by atoms with van der Waals surface area (Å²) in [5.41, 5.74) is 2.05. The Labute approximate surface area is 128 Å². The first kappa shape index (κ1) is 15.8. The number of carbonyl (C=O) groups is 2. The Morgan fingerprint density at radius 1 is 1.32 bits per heavy atom. The largest absolute Gasteiger partial charge is 0.467 e. The van der Waals surface area contributed by atoms with Gasteiger partial charge in [-0.3, -0.25) is 9.36 Å². The predicted molar refractivity (Wildman–Crippen MR) is 79.0 cm³/mol. The van der Waals surface area contributed by atoms with Gasteiger partial charge in [-0.25, -0.2) is 4.79 Å². The summed E-state index contributed by atoms with van der Waals surface area (Å²) in [6, 6.07) is 2.83. The van der Waals surface area contributed by atoms with Crippen LogP contribution >= 0.6 is 0 Å². The lowest BCUT2D eigenvalue weighted by molar-refractivity contribution is -0.142. The van der Waals surface area contributed by atoms with Crippen LogP contribution in [0.5, 0.6) is 0 Å². The molecule has 2 aromatic rings. The van der Waals surface area contributed by atoms with Gasteiger partial charge in [-0.2, -0.15) is 0 Å². The first-order chi connectivity index (χ1) is 10.3. The Morgan fingerprint density at radius 2 is 2.00 bits per heavy atom. The number of amides is 1. The molecular formula is C15H19N3O4. The number of methoxy groups -OCH3 is 1. The fraction of sp³-hybridized carbons (Fsp3) is 0.400. The van der Waals surface area contributed by atoms with E-state index in [1.807, 2.05) is 18.4 Å². The number of nitrogens with one attached hydrogen (secondary N) is 1. The molecule has 1 amide bonds. The van der Waals surface area contributed by atoms with Gasteiger partial charge >= 0.3 is 5.97 Å². The van der Waals surface area contributed by atoms with Crippen molar-refractivity contribution in [3.63, 3.8) is 0 Å². The number of ether oxygens (including phenoxy) is 1. The van der Waals surface area contributed by atoms with Gasteiger partial charge in [-0.15, -0.1) is 0 Å². The third-order valence-electron chi connectivity index (χ3n) is 3.42. The standard InChI is InChI=1S/C15H19N3O4/c1-8-6-12(14(19)16-10(3)15(20)21-5)11(4)18(8)13-7-9(2)22-17-13/h6-7,10H,1-5H3,(H,16,19)/t10-/m0/s1. The average molecular weight is 305 g/mol. The number of aromatic nitrogens is 2. The van der Waals surface area contributed by atoms with Gasteiger partial charge in [-0.05, 0) is 33.8 Å². The molecule has 2 rings (SSSR count). The summed E-state index contributed by atoms with van der Waals surface area (Å²) in [7, 11) is 1.28. The SMILES string of the molecule is COC(=O)[C@H](C)NC(=O)c1cc(C)n(-c2cc(C)on2)c1C. The summed E-state index contributed by atoms with van der Waals surface area (Å²) in [6.07, 6.45) is 0. The van der Waals surface area contributed by atoms with Gasteiger partial charge in [0.15, 0.2) is 5.82 Å². The van der Waals surface area contributed by atoms with Crippen molar-refractivity contribution < 1.29 is 18.8 Å². The molecule has 7 nitrogen and oxygen atoms in total. The Balaban J connectivity index is 2.30. The monoisotopic (exact) mass is 305 g/mol. The second-order valence-corrected chi connectivity index (χ2v) is 5.13. The summed E-state index contributed by atoms with van der Waals surface area (Å²) in [6.45, 7) is 7.06. The molecule has 22 heavy (non-hydrogen) atoms. The molecule has 0 radical (unpaired) electrons. The molecule has 0 aliphatic heterocycles. The van der Waals surface area contributed by atoms with E-state index in [1.165, 1.54) is 7.11 Å². The van der Waals surface area contributed by atoms with E-state index in [4.69, 9.17) is 4.52 Å². The fourth-order valence-corrected chi connectivity index (χ4v) is 2.31. The van der Waals surface area contributed by atoms with Crippen LogP contribution in [0.1, 0.15) is 34.4 Å². The third kappa shape index (κ3) is 2.88. The molecule has 0 aliphatic carbocycles. The smallest absolute Gasteiger partial charge is 0.328 e. The van der Waals surface area contributed by atoms with Crippen molar-refractivity contribution >= 4 is 11.9 Å². The molecule has 0 saturated heterocycles. The third-order valence-corrected chi connectivity index (χ3v) is 3.42. The number of hydrogen-bond donors (Lipinski definition) is 1. The first-order valence-corrected chi connectivity index (χ1v) is 6.86. The first-order valence-electron chi connectivity index (χ1n) is 6.86. The van der Waals surface area contributed by atoms with Crippen molar-refractivity contribution in [1.82, 2.24) is 15.0 Å². The molecule has 0 bridgehead atoms. The van der Waals surface area contributed by atoms with E-state index in [0.717, 1.165) is 11.4 Å². The lowest BCUT2D eigenvalue weighted by atomic mass is 10.2. The van der Waals surface area contributed by atoms with Gasteiger partial charge in [0.1, 0.15) is 11.8 Å². The summed E-state index contributed by atoms with van der Waals surface area (Å²) in [4.78, 5) is 23.7. The Morgan fingerprint density at radius 3 is 2.55 bits per heavy atom. The summed E-state index contributed by atoms with van der Waals surface area (Å²) in [5, 5.41) is 6.58. The lowest BCUT2D eigenvalue weighted by Crippen LogP contribution is -2.39. The summed E-state index contributed by atoms with van der Waals surface area (Å²) in [5.74, 6) is 0.479. The van der Waals surface area contributed by atoms with E-state index >= 15 is 0 Å². The second-order valence-electron chi connectivity index (χ2n) is 5.13. The van der Waals surface area contributed by atoms with Crippen LogP contribution in [-0.2, 0) is 9.53 Å². The molecule has 1 atom stereocenters. The highest BCUT2D eigenvalue weighted by atomic mass is 16.5. The molecule has 0 aromatic carbocycles. The van der Waals surface area contributed by atoms with Gasteiger partial charge in [0.05, 0.1) is 12.7 Å². The van der Waals surface area contributed by atoms with Gasteiger partial charge in [0.25, 0.3) is 5.91 Å². The molecule has 0 unspecified atom stereocenters. The highest BCUT2D eigenvalue weighted by Crippen LogP contribution is 2.20. The maximum Gasteiger partial charge on any atom is 0.328 e. The average Bonchev–Trinajstić information content (AvgIpc) is 3.01. The molecular weight excluding hydrogens is 286 g/mol. The topological polar surface area (TPSA) is 86.4 Å². The molecule has 0 aliphatic rings. The number of hydrogen-bond acceptors (Lipinski definition) is 5. The minimum absolute atomic E-state index is 0.336. The van der Waals surface area contributed by atoms with Crippen LogP contribution in [0, 0.1) is 20.8 Å². The molecule has 0 spiro atoms. The van der Waals surface area contributed by atoms with E-state index in [2.05, 4.69) is 15.2 Å². The Kier molecular flexibility index (Phi) is 4.35. The normalized spacial score (nSPS) is 12.0. The predicted octanol–water partition coefficient (Wildman–Crippen LogP) is 1.68. The van der Waals surface area contributed by atoms with E-state index < -0.39 is 12.0 Å². The highest BCUT2D eigenvalue weighted by molar-refractivity contribution is 5.98. The van der Waals surface area contributed by atoms with E-state index in [-0.39, 0.29) is 5.91 Å². The van der Waals surface area contributed by atoms with Crippen LogP contribution in [0.4, 0.5) is 0 Å². The van der Waals surface area contributed by atoms with E-state index in [1.54, 1.807) is 26.0 Å². The molecule has 0 saturated carbocycles. The molecule has 2 aromatic heterocycles. The lowest BCUT2D eigenvalue weighted by Gasteiger charge is -2.11. The minimum Gasteiger partial charge on any atom is -0.467 e. The van der Waals surface area contributed by atoms with Crippen molar-refractivity contribution in [3.8, 4) is 5.82 Å². The molecule has 7 heteroatoms. The maximum atomic E-state index is 12.3.